The molecular weight excluding hydrogens is 284 g/mol. The Bertz CT molecular complexity index is 768. The van der Waals surface area contributed by atoms with E-state index >= 15 is 0 Å². The lowest BCUT2D eigenvalue weighted by molar-refractivity contribution is 0.431. The molecule has 0 radical (unpaired) electrons. The van der Waals surface area contributed by atoms with E-state index in [1.54, 1.807) is 0 Å². The molecule has 2 aromatic carbocycles. The van der Waals surface area contributed by atoms with Crippen molar-refractivity contribution in [2.45, 2.75) is 20.3 Å². The highest BCUT2D eigenvalue weighted by atomic mass is 16.5. The van der Waals surface area contributed by atoms with E-state index in [4.69, 9.17) is 9.47 Å². The third-order valence-corrected chi connectivity index (χ3v) is 4.66. The smallest absolute Gasteiger partial charge is 0.127 e. The van der Waals surface area contributed by atoms with Crippen molar-refractivity contribution in [1.82, 2.24) is 0 Å². The maximum Gasteiger partial charge on any atom is 0.127 e. The highest BCUT2D eigenvalue weighted by molar-refractivity contribution is 5.39. The Morgan fingerprint density at radius 1 is 0.870 bits per heavy atom. The van der Waals surface area contributed by atoms with Crippen LogP contribution < -0.4 is 9.47 Å². The average Bonchev–Trinajstić information content (AvgIpc) is 3.22. The van der Waals surface area contributed by atoms with Gasteiger partial charge in [0.15, 0.2) is 0 Å². The third-order valence-electron chi connectivity index (χ3n) is 4.66. The topological polar surface area (TPSA) is 18.5 Å². The maximum absolute atomic E-state index is 5.94. The highest BCUT2D eigenvalue weighted by Crippen LogP contribution is 2.56. The minimum Gasteiger partial charge on any atom is -0.458 e. The SMILES string of the molecule is Cc1ccc(Oc2ccc(OC3=CC4CC4(C)C=C3)cc2)cc1. The number of aryl methyl sites for hydroxylation is 1. The standard InChI is InChI=1S/C21H20O2/c1-15-3-5-17(6-4-15)22-18-7-9-19(10-8-18)23-20-11-12-21(2)14-16(21)13-20/h3-13,16H,14H2,1-2H3. The highest BCUT2D eigenvalue weighted by Gasteiger charge is 2.48. The summed E-state index contributed by atoms with van der Waals surface area (Å²) in [6.45, 7) is 4.35. The molecule has 0 amide bonds. The number of ether oxygens (including phenoxy) is 2. The van der Waals surface area contributed by atoms with Crippen molar-refractivity contribution in [1.29, 1.82) is 0 Å². The molecule has 116 valence electrons. The molecule has 1 saturated carbocycles. The first kappa shape index (κ1) is 14.1. The molecule has 1 fully saturated rings. The van der Waals surface area contributed by atoms with Gasteiger partial charge in [-0.1, -0.05) is 30.7 Å². The van der Waals surface area contributed by atoms with Crippen LogP contribution in [0.15, 0.2) is 72.5 Å². The van der Waals surface area contributed by atoms with Gasteiger partial charge in [0, 0.05) is 0 Å². The number of allylic oxidation sites excluding steroid dienone is 3. The quantitative estimate of drug-likeness (QED) is 0.727. The van der Waals surface area contributed by atoms with E-state index in [-0.39, 0.29) is 0 Å². The average molecular weight is 304 g/mol. The van der Waals surface area contributed by atoms with Crippen molar-refractivity contribution in [2.75, 3.05) is 0 Å². The summed E-state index contributed by atoms with van der Waals surface area (Å²) in [4.78, 5) is 0. The summed E-state index contributed by atoms with van der Waals surface area (Å²) in [6, 6.07) is 15.8. The van der Waals surface area contributed by atoms with E-state index in [1.807, 2.05) is 48.5 Å². The summed E-state index contributed by atoms with van der Waals surface area (Å²) in [5.41, 5.74) is 1.61. The number of fused-ring (bicyclic) bond motifs is 1. The predicted molar refractivity (Wildman–Crippen MR) is 91.8 cm³/mol. The molecule has 2 atom stereocenters. The lowest BCUT2D eigenvalue weighted by atomic mass is 10.0. The summed E-state index contributed by atoms with van der Waals surface area (Å²) in [6.07, 6.45) is 7.82. The van der Waals surface area contributed by atoms with E-state index in [9.17, 15) is 0 Å². The molecule has 0 aliphatic heterocycles. The van der Waals surface area contributed by atoms with Gasteiger partial charge in [-0.15, -0.1) is 0 Å². The van der Waals surface area contributed by atoms with Gasteiger partial charge in [-0.05, 0) is 73.2 Å². The van der Waals surface area contributed by atoms with Crippen LogP contribution in [0.2, 0.25) is 0 Å². The van der Waals surface area contributed by atoms with E-state index in [1.165, 1.54) is 12.0 Å². The Morgan fingerprint density at radius 2 is 1.43 bits per heavy atom. The molecular formula is C21H20O2. The van der Waals surface area contributed by atoms with Crippen LogP contribution in [-0.2, 0) is 0 Å². The molecule has 23 heavy (non-hydrogen) atoms. The van der Waals surface area contributed by atoms with Gasteiger partial charge in [0.1, 0.15) is 23.0 Å². The first-order chi connectivity index (χ1) is 11.1. The molecule has 2 aliphatic carbocycles. The molecule has 0 saturated heterocycles. The van der Waals surface area contributed by atoms with Crippen molar-refractivity contribution in [2.24, 2.45) is 11.3 Å². The molecule has 0 bridgehead atoms. The summed E-state index contributed by atoms with van der Waals surface area (Å²) < 4.78 is 11.8. The molecule has 0 N–H and O–H groups in total. The minimum absolute atomic E-state index is 0.387. The number of benzene rings is 2. The number of hydrogen-bond acceptors (Lipinski definition) is 2. The molecule has 2 aromatic rings. The van der Waals surface area contributed by atoms with Crippen molar-refractivity contribution in [3.63, 3.8) is 0 Å². The summed E-state index contributed by atoms with van der Waals surface area (Å²) >= 11 is 0. The number of rotatable bonds is 4. The molecule has 0 spiro atoms. The molecule has 2 aliphatic rings. The van der Waals surface area contributed by atoms with Gasteiger partial charge in [-0.25, -0.2) is 0 Å². The third kappa shape index (κ3) is 3.02. The Hall–Kier alpha value is -2.48. The van der Waals surface area contributed by atoms with E-state index in [0.29, 0.717) is 11.3 Å². The Labute approximate surface area is 137 Å². The van der Waals surface area contributed by atoms with Gasteiger partial charge in [0.05, 0.1) is 0 Å². The monoisotopic (exact) mass is 304 g/mol. The summed E-state index contributed by atoms with van der Waals surface area (Å²) in [5, 5.41) is 0. The fourth-order valence-electron chi connectivity index (χ4n) is 2.90. The molecule has 2 nitrogen and oxygen atoms in total. The second-order valence-electron chi connectivity index (χ2n) is 6.71. The van der Waals surface area contributed by atoms with Crippen molar-refractivity contribution in [3.05, 3.63) is 78.1 Å². The zero-order valence-corrected chi connectivity index (χ0v) is 13.5. The van der Waals surface area contributed by atoms with Gasteiger partial charge in [0.2, 0.25) is 0 Å². The zero-order valence-electron chi connectivity index (χ0n) is 13.5. The summed E-state index contributed by atoms with van der Waals surface area (Å²) in [7, 11) is 0. The largest absolute Gasteiger partial charge is 0.458 e. The van der Waals surface area contributed by atoms with Crippen LogP contribution in [0.1, 0.15) is 18.9 Å². The van der Waals surface area contributed by atoms with Gasteiger partial charge < -0.3 is 9.47 Å². The first-order valence-electron chi connectivity index (χ1n) is 8.04. The van der Waals surface area contributed by atoms with Crippen molar-refractivity contribution in [3.8, 4) is 17.2 Å². The van der Waals surface area contributed by atoms with Gasteiger partial charge in [-0.2, -0.15) is 0 Å². The van der Waals surface area contributed by atoms with E-state index in [2.05, 4.69) is 32.1 Å². The van der Waals surface area contributed by atoms with Gasteiger partial charge in [-0.3, -0.25) is 0 Å². The minimum atomic E-state index is 0.387. The van der Waals surface area contributed by atoms with Crippen LogP contribution in [0.25, 0.3) is 0 Å². The molecule has 0 aromatic heterocycles. The van der Waals surface area contributed by atoms with Crippen LogP contribution in [0, 0.1) is 18.3 Å². The van der Waals surface area contributed by atoms with E-state index < -0.39 is 0 Å². The second kappa shape index (κ2) is 5.31. The molecule has 4 rings (SSSR count). The predicted octanol–water partition coefficient (Wildman–Crippen LogP) is 5.65. The maximum atomic E-state index is 5.94. The summed E-state index contributed by atoms with van der Waals surface area (Å²) in [5.74, 6) is 4.07. The second-order valence-corrected chi connectivity index (χ2v) is 6.71. The fraction of sp³-hybridized carbons (Fsp3) is 0.238. The lowest BCUT2D eigenvalue weighted by Gasteiger charge is -2.13. The van der Waals surface area contributed by atoms with Crippen molar-refractivity contribution < 1.29 is 9.47 Å². The Morgan fingerprint density at radius 3 is 2.04 bits per heavy atom. The molecule has 0 heterocycles. The van der Waals surface area contributed by atoms with Crippen LogP contribution in [-0.4, -0.2) is 0 Å². The van der Waals surface area contributed by atoms with Gasteiger partial charge >= 0.3 is 0 Å². The molecule has 2 heteroatoms. The van der Waals surface area contributed by atoms with E-state index in [0.717, 1.165) is 23.0 Å². The zero-order chi connectivity index (χ0) is 15.9. The van der Waals surface area contributed by atoms with Crippen molar-refractivity contribution >= 4 is 0 Å². The fourth-order valence-corrected chi connectivity index (χ4v) is 2.90. The lowest BCUT2D eigenvalue weighted by Crippen LogP contribution is -2.01. The van der Waals surface area contributed by atoms with Crippen LogP contribution in [0.4, 0.5) is 0 Å². The van der Waals surface area contributed by atoms with Crippen LogP contribution >= 0.6 is 0 Å². The Kier molecular flexibility index (Phi) is 3.26. The number of hydrogen-bond donors (Lipinski definition) is 0. The van der Waals surface area contributed by atoms with Gasteiger partial charge in [0.25, 0.3) is 0 Å². The normalized spacial score (nSPS) is 24.6. The molecule has 2 unspecified atom stereocenters. The van der Waals surface area contributed by atoms with Crippen LogP contribution in [0.5, 0.6) is 17.2 Å². The first-order valence-corrected chi connectivity index (χ1v) is 8.04. The Balaban J connectivity index is 1.41. The van der Waals surface area contributed by atoms with Crippen LogP contribution in [0.3, 0.4) is 0 Å².